The Kier molecular flexibility index (Phi) is 4.67. The minimum atomic E-state index is 0.554. The van der Waals surface area contributed by atoms with Gasteiger partial charge in [0.1, 0.15) is 0 Å². The molecule has 3 rings (SSSR count). The number of pyridine rings is 1. The summed E-state index contributed by atoms with van der Waals surface area (Å²) < 4.78 is 6.55. The second kappa shape index (κ2) is 6.71. The van der Waals surface area contributed by atoms with Gasteiger partial charge in [-0.05, 0) is 41.3 Å². The summed E-state index contributed by atoms with van der Waals surface area (Å²) in [6, 6.07) is 17.1. The van der Waals surface area contributed by atoms with Crippen molar-refractivity contribution in [2.24, 2.45) is 0 Å². The third-order valence-corrected chi connectivity index (χ3v) is 4.54. The molecular weight excluding hydrogens is 350 g/mol. The number of ether oxygens (including phenoxy) is 1. The van der Waals surface area contributed by atoms with E-state index in [2.05, 4.69) is 71.2 Å². The minimum Gasteiger partial charge on any atom is -0.481 e. The molecule has 0 unspecified atom stereocenters. The van der Waals surface area contributed by atoms with Crippen molar-refractivity contribution in [1.82, 2.24) is 4.98 Å². The van der Waals surface area contributed by atoms with E-state index in [9.17, 15) is 0 Å². The number of benzene rings is 2. The summed E-state index contributed by atoms with van der Waals surface area (Å²) in [5.74, 6) is 1.26. The van der Waals surface area contributed by atoms with E-state index in [0.717, 1.165) is 27.4 Å². The highest BCUT2D eigenvalue weighted by molar-refractivity contribution is 9.10. The van der Waals surface area contributed by atoms with Crippen molar-refractivity contribution >= 4 is 26.8 Å². The van der Waals surface area contributed by atoms with Crippen molar-refractivity contribution in [3.05, 3.63) is 69.7 Å². The van der Waals surface area contributed by atoms with Gasteiger partial charge >= 0.3 is 0 Å². The van der Waals surface area contributed by atoms with Crippen LogP contribution in [0, 0.1) is 0 Å². The lowest BCUT2D eigenvalue weighted by Crippen LogP contribution is -1.98. The average Bonchev–Trinajstić information content (AvgIpc) is 2.54. The summed E-state index contributed by atoms with van der Waals surface area (Å²) in [5.41, 5.74) is 4.68. The van der Waals surface area contributed by atoms with Crippen LogP contribution in [0.4, 0.5) is 0 Å². The highest BCUT2D eigenvalue weighted by Crippen LogP contribution is 2.27. The van der Waals surface area contributed by atoms with Crippen LogP contribution in [-0.4, -0.2) is 12.1 Å². The number of methoxy groups -OCH3 is 1. The zero-order valence-corrected chi connectivity index (χ0v) is 15.2. The van der Waals surface area contributed by atoms with Gasteiger partial charge < -0.3 is 4.74 Å². The summed E-state index contributed by atoms with van der Waals surface area (Å²) in [5, 5.41) is 1.12. The standard InChI is InChI=1S/C20H20BrNO/c1-13(2)15-6-4-14(5-7-15)10-17-11-16-12-18(21)8-9-19(16)22-20(17)23-3/h4-9,11-13H,10H2,1-3H3. The monoisotopic (exact) mass is 369 g/mol. The van der Waals surface area contributed by atoms with E-state index in [1.165, 1.54) is 11.1 Å². The first-order valence-electron chi connectivity index (χ1n) is 7.79. The molecule has 0 aliphatic carbocycles. The van der Waals surface area contributed by atoms with Crippen LogP contribution in [0.1, 0.15) is 36.5 Å². The number of aromatic nitrogens is 1. The Bertz CT molecular complexity index is 825. The van der Waals surface area contributed by atoms with E-state index in [4.69, 9.17) is 4.74 Å². The van der Waals surface area contributed by atoms with E-state index in [0.29, 0.717) is 11.8 Å². The molecule has 0 spiro atoms. The second-order valence-corrected chi connectivity index (χ2v) is 6.98. The minimum absolute atomic E-state index is 0.554. The van der Waals surface area contributed by atoms with E-state index >= 15 is 0 Å². The third-order valence-electron chi connectivity index (χ3n) is 4.05. The number of fused-ring (bicyclic) bond motifs is 1. The molecule has 3 heteroatoms. The number of nitrogens with zero attached hydrogens (tertiary/aromatic N) is 1. The SMILES string of the molecule is COc1nc2ccc(Br)cc2cc1Cc1ccc(C(C)C)cc1. The van der Waals surface area contributed by atoms with Crippen molar-refractivity contribution in [3.8, 4) is 5.88 Å². The molecule has 0 amide bonds. The molecule has 3 aromatic rings. The molecule has 0 aliphatic heterocycles. The maximum absolute atomic E-state index is 5.50. The topological polar surface area (TPSA) is 22.1 Å². The summed E-state index contributed by atoms with van der Waals surface area (Å²) >= 11 is 3.52. The van der Waals surface area contributed by atoms with Crippen LogP contribution in [0.5, 0.6) is 5.88 Å². The van der Waals surface area contributed by atoms with Crippen molar-refractivity contribution < 1.29 is 4.74 Å². The van der Waals surface area contributed by atoms with Gasteiger partial charge in [-0.3, -0.25) is 0 Å². The van der Waals surface area contributed by atoms with Crippen LogP contribution in [0.3, 0.4) is 0 Å². The number of rotatable bonds is 4. The van der Waals surface area contributed by atoms with Crippen molar-refractivity contribution in [2.75, 3.05) is 7.11 Å². The molecule has 1 aromatic heterocycles. The van der Waals surface area contributed by atoms with Crippen molar-refractivity contribution in [3.63, 3.8) is 0 Å². The first kappa shape index (κ1) is 16.0. The van der Waals surface area contributed by atoms with Gasteiger partial charge in [-0.1, -0.05) is 54.0 Å². The summed E-state index contributed by atoms with van der Waals surface area (Å²) in [7, 11) is 1.68. The maximum Gasteiger partial charge on any atom is 0.217 e. The van der Waals surface area contributed by atoms with Gasteiger partial charge in [0.25, 0.3) is 0 Å². The molecule has 23 heavy (non-hydrogen) atoms. The van der Waals surface area contributed by atoms with Crippen molar-refractivity contribution in [1.29, 1.82) is 0 Å². The molecule has 2 nitrogen and oxygen atoms in total. The van der Waals surface area contributed by atoms with Gasteiger partial charge in [-0.2, -0.15) is 0 Å². The van der Waals surface area contributed by atoms with E-state index in [1.807, 2.05) is 12.1 Å². The maximum atomic E-state index is 5.50. The molecule has 0 saturated carbocycles. The molecule has 118 valence electrons. The smallest absolute Gasteiger partial charge is 0.217 e. The predicted molar refractivity (Wildman–Crippen MR) is 99.3 cm³/mol. The normalized spacial score (nSPS) is 11.2. The molecule has 0 saturated heterocycles. The lowest BCUT2D eigenvalue weighted by molar-refractivity contribution is 0.395. The van der Waals surface area contributed by atoms with Crippen LogP contribution in [0.25, 0.3) is 10.9 Å². The molecule has 0 aliphatic rings. The lowest BCUT2D eigenvalue weighted by Gasteiger charge is -2.11. The van der Waals surface area contributed by atoms with Crippen LogP contribution >= 0.6 is 15.9 Å². The summed E-state index contributed by atoms with van der Waals surface area (Å²) in [4.78, 5) is 4.63. The molecule has 0 atom stereocenters. The van der Waals surface area contributed by atoms with E-state index < -0.39 is 0 Å². The Morgan fingerprint density at radius 3 is 2.43 bits per heavy atom. The first-order valence-corrected chi connectivity index (χ1v) is 8.58. The number of hydrogen-bond acceptors (Lipinski definition) is 2. The van der Waals surface area contributed by atoms with Gasteiger partial charge in [-0.25, -0.2) is 4.98 Å². The Morgan fingerprint density at radius 2 is 1.78 bits per heavy atom. The molecule has 0 N–H and O–H groups in total. The molecule has 0 fully saturated rings. The first-order chi connectivity index (χ1) is 11.1. The Hall–Kier alpha value is -1.87. The quantitative estimate of drug-likeness (QED) is 0.586. The second-order valence-electron chi connectivity index (χ2n) is 6.07. The third kappa shape index (κ3) is 3.56. The van der Waals surface area contributed by atoms with E-state index in [-0.39, 0.29) is 0 Å². The molecule has 0 radical (unpaired) electrons. The Balaban J connectivity index is 1.97. The highest BCUT2D eigenvalue weighted by atomic mass is 79.9. The summed E-state index contributed by atoms with van der Waals surface area (Å²) in [6.07, 6.45) is 0.816. The molecular formula is C20H20BrNO. The summed E-state index contributed by atoms with van der Waals surface area (Å²) in [6.45, 7) is 4.42. The average molecular weight is 370 g/mol. The van der Waals surface area contributed by atoms with Crippen LogP contribution in [0.15, 0.2) is 53.0 Å². The highest BCUT2D eigenvalue weighted by Gasteiger charge is 2.09. The zero-order chi connectivity index (χ0) is 16.4. The van der Waals surface area contributed by atoms with Gasteiger partial charge in [0.2, 0.25) is 5.88 Å². The fourth-order valence-corrected chi connectivity index (χ4v) is 3.10. The fourth-order valence-electron chi connectivity index (χ4n) is 2.72. The van der Waals surface area contributed by atoms with Gasteiger partial charge in [0, 0.05) is 21.8 Å². The van der Waals surface area contributed by atoms with Gasteiger partial charge in [-0.15, -0.1) is 0 Å². The zero-order valence-electron chi connectivity index (χ0n) is 13.6. The number of hydrogen-bond donors (Lipinski definition) is 0. The Labute approximate surface area is 145 Å². The fraction of sp³-hybridized carbons (Fsp3) is 0.250. The van der Waals surface area contributed by atoms with Crippen LogP contribution < -0.4 is 4.74 Å². The van der Waals surface area contributed by atoms with Crippen LogP contribution in [0.2, 0.25) is 0 Å². The lowest BCUT2D eigenvalue weighted by atomic mass is 9.99. The van der Waals surface area contributed by atoms with Crippen LogP contribution in [-0.2, 0) is 6.42 Å². The van der Waals surface area contributed by atoms with Crippen molar-refractivity contribution in [2.45, 2.75) is 26.2 Å². The largest absolute Gasteiger partial charge is 0.481 e. The molecule has 0 bridgehead atoms. The van der Waals surface area contributed by atoms with E-state index in [1.54, 1.807) is 7.11 Å². The molecule has 2 aromatic carbocycles. The number of halogens is 1. The Morgan fingerprint density at radius 1 is 1.04 bits per heavy atom. The molecule has 1 heterocycles. The predicted octanol–water partition coefficient (Wildman–Crippen LogP) is 5.72. The van der Waals surface area contributed by atoms with Gasteiger partial charge in [0.15, 0.2) is 0 Å². The van der Waals surface area contributed by atoms with Gasteiger partial charge in [0.05, 0.1) is 12.6 Å².